The number of aromatic nitrogens is 1. The molecule has 29 heavy (non-hydrogen) atoms. The van der Waals surface area contributed by atoms with Gasteiger partial charge < -0.3 is 5.32 Å². The van der Waals surface area contributed by atoms with Crippen LogP contribution in [0.5, 0.6) is 0 Å². The van der Waals surface area contributed by atoms with Crippen molar-refractivity contribution in [2.24, 2.45) is 4.99 Å². The van der Waals surface area contributed by atoms with Gasteiger partial charge in [-0.05, 0) is 85.8 Å². The van der Waals surface area contributed by atoms with Crippen molar-refractivity contribution in [1.82, 2.24) is 10.3 Å². The molecule has 1 amide bonds. The summed E-state index contributed by atoms with van der Waals surface area (Å²) in [4.78, 5) is 21.5. The summed E-state index contributed by atoms with van der Waals surface area (Å²) in [5.74, 6) is 0.203. The second-order valence-electron chi connectivity index (χ2n) is 7.20. The molecule has 2 aromatic carbocycles. The van der Waals surface area contributed by atoms with Crippen LogP contribution >= 0.6 is 0 Å². The van der Waals surface area contributed by atoms with Crippen molar-refractivity contribution in [2.75, 3.05) is 5.32 Å². The number of carbonyl (C=O) groups is 1. The molecular formula is C24H26N4O. The number of rotatable bonds is 4. The van der Waals surface area contributed by atoms with E-state index in [4.69, 9.17) is 0 Å². The molecule has 3 aromatic rings. The number of nitrogens with zero attached hydrogens (tertiary/aromatic N) is 2. The minimum absolute atomic E-state index is 0.200. The summed E-state index contributed by atoms with van der Waals surface area (Å²) >= 11 is 0. The molecular weight excluding hydrogens is 360 g/mol. The molecule has 0 aliphatic rings. The Balaban J connectivity index is 1.83. The Morgan fingerprint density at radius 2 is 1.66 bits per heavy atom. The fourth-order valence-corrected chi connectivity index (χ4v) is 2.79. The van der Waals surface area contributed by atoms with Gasteiger partial charge in [-0.15, -0.1) is 0 Å². The average Bonchev–Trinajstić information content (AvgIpc) is 2.71. The molecule has 0 spiro atoms. The lowest BCUT2D eigenvalue weighted by molar-refractivity contribution is 0.0977. The van der Waals surface area contributed by atoms with E-state index in [1.165, 1.54) is 11.1 Å². The van der Waals surface area contributed by atoms with Crippen LogP contribution in [0.15, 0.2) is 65.9 Å². The van der Waals surface area contributed by atoms with E-state index in [2.05, 4.69) is 34.5 Å². The molecule has 0 bridgehead atoms. The van der Waals surface area contributed by atoms with E-state index in [9.17, 15) is 4.79 Å². The minimum Gasteiger partial charge on any atom is -0.326 e. The molecule has 0 unspecified atom stereocenters. The maximum atomic E-state index is 12.8. The first-order valence-corrected chi connectivity index (χ1v) is 9.58. The maximum absolute atomic E-state index is 12.8. The van der Waals surface area contributed by atoms with Crippen molar-refractivity contribution in [3.63, 3.8) is 0 Å². The molecule has 0 atom stereocenters. The number of amides is 1. The van der Waals surface area contributed by atoms with E-state index < -0.39 is 0 Å². The number of guanidine groups is 1. The zero-order valence-electron chi connectivity index (χ0n) is 17.3. The third-order valence-electron chi connectivity index (χ3n) is 4.91. The molecule has 2 N–H and O–H groups in total. The molecule has 1 heterocycles. The highest BCUT2D eigenvalue weighted by Gasteiger charge is 2.11. The average molecular weight is 386 g/mol. The van der Waals surface area contributed by atoms with E-state index in [0.29, 0.717) is 18.1 Å². The Morgan fingerprint density at radius 1 is 0.931 bits per heavy atom. The Labute approximate surface area is 171 Å². The van der Waals surface area contributed by atoms with Gasteiger partial charge in [0.2, 0.25) is 5.96 Å². The van der Waals surface area contributed by atoms with Crippen molar-refractivity contribution in [1.29, 1.82) is 0 Å². The van der Waals surface area contributed by atoms with Gasteiger partial charge in [-0.3, -0.25) is 15.1 Å². The summed E-state index contributed by atoms with van der Waals surface area (Å²) in [5.41, 5.74) is 7.05. The summed E-state index contributed by atoms with van der Waals surface area (Å²) in [6, 6.07) is 15.5. The number of aryl methyl sites for hydroxylation is 4. The number of anilines is 1. The van der Waals surface area contributed by atoms with Crippen LogP contribution in [0.3, 0.4) is 0 Å². The van der Waals surface area contributed by atoms with Crippen LogP contribution in [-0.2, 0) is 6.54 Å². The molecule has 0 aliphatic carbocycles. The molecule has 3 rings (SSSR count). The van der Waals surface area contributed by atoms with Crippen molar-refractivity contribution < 1.29 is 4.79 Å². The molecule has 148 valence electrons. The molecule has 0 fully saturated rings. The van der Waals surface area contributed by atoms with Crippen molar-refractivity contribution >= 4 is 17.6 Å². The third kappa shape index (κ3) is 5.51. The number of hydrogen-bond acceptors (Lipinski definition) is 3. The molecule has 1 aromatic heterocycles. The minimum atomic E-state index is -0.200. The Morgan fingerprint density at radius 3 is 2.31 bits per heavy atom. The Hall–Kier alpha value is -3.47. The lowest BCUT2D eigenvalue weighted by Gasteiger charge is -2.13. The number of aliphatic imine (C=N–C) groups is 1. The lowest BCUT2D eigenvalue weighted by Crippen LogP contribution is -2.36. The van der Waals surface area contributed by atoms with E-state index in [-0.39, 0.29) is 5.91 Å². The summed E-state index contributed by atoms with van der Waals surface area (Å²) in [7, 11) is 0. The monoisotopic (exact) mass is 386 g/mol. The summed E-state index contributed by atoms with van der Waals surface area (Å²) < 4.78 is 0. The van der Waals surface area contributed by atoms with Crippen molar-refractivity contribution in [3.8, 4) is 0 Å². The molecule has 5 nitrogen and oxygen atoms in total. The zero-order valence-corrected chi connectivity index (χ0v) is 17.3. The molecule has 0 saturated heterocycles. The quantitative estimate of drug-likeness (QED) is 0.504. The topological polar surface area (TPSA) is 66.4 Å². The van der Waals surface area contributed by atoms with Crippen LogP contribution in [0.1, 0.15) is 38.2 Å². The third-order valence-corrected chi connectivity index (χ3v) is 4.91. The van der Waals surface area contributed by atoms with E-state index in [0.717, 1.165) is 22.4 Å². The van der Waals surface area contributed by atoms with Gasteiger partial charge in [0, 0.05) is 23.6 Å². The Bertz CT molecular complexity index is 1040. The summed E-state index contributed by atoms with van der Waals surface area (Å²) in [5, 5.41) is 6.15. The van der Waals surface area contributed by atoms with Crippen molar-refractivity contribution in [2.45, 2.75) is 34.2 Å². The van der Waals surface area contributed by atoms with Crippen molar-refractivity contribution in [3.05, 3.63) is 94.3 Å². The van der Waals surface area contributed by atoms with Gasteiger partial charge in [0.1, 0.15) is 0 Å². The number of pyridine rings is 1. The summed E-state index contributed by atoms with van der Waals surface area (Å²) in [6.45, 7) is 8.56. The highest BCUT2D eigenvalue weighted by molar-refractivity contribution is 6.10. The zero-order chi connectivity index (χ0) is 20.8. The molecule has 5 heteroatoms. The van der Waals surface area contributed by atoms with Crippen LogP contribution in [0, 0.1) is 27.7 Å². The van der Waals surface area contributed by atoms with Crippen LogP contribution in [0.4, 0.5) is 5.69 Å². The standard InChI is InChI=1S/C24H26N4O/c1-16-7-9-21(12-18(16)3)23(29)28-24(26-15-20-6-5-11-25-14-20)27-22-10-8-17(2)19(4)13-22/h5-14H,15H2,1-4H3,(H2,26,27,28,29). The second-order valence-corrected chi connectivity index (χ2v) is 7.20. The number of hydrogen-bond donors (Lipinski definition) is 2. The largest absolute Gasteiger partial charge is 0.326 e. The van der Waals surface area contributed by atoms with Gasteiger partial charge in [-0.1, -0.05) is 18.2 Å². The smallest absolute Gasteiger partial charge is 0.257 e. The van der Waals surface area contributed by atoms with Gasteiger partial charge in [0.15, 0.2) is 0 Å². The van der Waals surface area contributed by atoms with E-state index >= 15 is 0 Å². The fourth-order valence-electron chi connectivity index (χ4n) is 2.79. The van der Waals surface area contributed by atoms with Gasteiger partial charge >= 0.3 is 0 Å². The van der Waals surface area contributed by atoms with Gasteiger partial charge in [-0.2, -0.15) is 0 Å². The Kier molecular flexibility index (Phi) is 6.39. The number of carbonyl (C=O) groups excluding carboxylic acids is 1. The number of benzene rings is 2. The number of nitrogens with one attached hydrogen (secondary N) is 2. The van der Waals surface area contributed by atoms with Crippen LogP contribution < -0.4 is 10.6 Å². The first-order chi connectivity index (χ1) is 13.9. The molecule has 0 aliphatic heterocycles. The van der Waals surface area contributed by atoms with Crippen LogP contribution in [-0.4, -0.2) is 16.9 Å². The predicted molar refractivity (Wildman–Crippen MR) is 118 cm³/mol. The first-order valence-electron chi connectivity index (χ1n) is 9.58. The SMILES string of the molecule is Cc1ccc(NC(=NCc2cccnc2)NC(=O)c2ccc(C)c(C)c2)cc1C. The first kappa shape index (κ1) is 20.3. The highest BCUT2D eigenvalue weighted by atomic mass is 16.1. The lowest BCUT2D eigenvalue weighted by atomic mass is 10.1. The maximum Gasteiger partial charge on any atom is 0.257 e. The highest BCUT2D eigenvalue weighted by Crippen LogP contribution is 2.15. The second kappa shape index (κ2) is 9.15. The molecule has 0 radical (unpaired) electrons. The predicted octanol–water partition coefficient (Wildman–Crippen LogP) is 4.71. The fraction of sp³-hybridized carbons (Fsp3) is 0.208. The normalized spacial score (nSPS) is 11.2. The van der Waals surface area contributed by atoms with Crippen LogP contribution in [0.25, 0.3) is 0 Å². The van der Waals surface area contributed by atoms with Gasteiger partial charge in [0.25, 0.3) is 5.91 Å². The summed E-state index contributed by atoms with van der Waals surface area (Å²) in [6.07, 6.45) is 3.49. The molecule has 0 saturated carbocycles. The van der Waals surface area contributed by atoms with Gasteiger partial charge in [-0.25, -0.2) is 4.99 Å². The van der Waals surface area contributed by atoms with E-state index in [1.54, 1.807) is 12.4 Å². The van der Waals surface area contributed by atoms with E-state index in [1.807, 2.05) is 62.4 Å². The van der Waals surface area contributed by atoms with Crippen LogP contribution in [0.2, 0.25) is 0 Å². The van der Waals surface area contributed by atoms with Gasteiger partial charge in [0.05, 0.1) is 6.54 Å².